The molecule has 1 unspecified atom stereocenters. The summed E-state index contributed by atoms with van der Waals surface area (Å²) in [5.74, 6) is 0.737. The normalized spacial score (nSPS) is 11.6. The number of hydrogen-bond acceptors (Lipinski definition) is 6. The van der Waals surface area contributed by atoms with Gasteiger partial charge in [-0.1, -0.05) is 42.1 Å². The number of ether oxygens (including phenoxy) is 2. The molecule has 0 saturated carbocycles. The minimum Gasteiger partial charge on any atom is -0.494 e. The Hall–Kier alpha value is -3.85. The van der Waals surface area contributed by atoms with E-state index in [4.69, 9.17) is 9.47 Å². The number of rotatable bonds is 10. The third-order valence-corrected chi connectivity index (χ3v) is 6.04. The van der Waals surface area contributed by atoms with Gasteiger partial charge in [-0.2, -0.15) is 0 Å². The van der Waals surface area contributed by atoms with Crippen molar-refractivity contribution >= 4 is 23.4 Å². The van der Waals surface area contributed by atoms with Gasteiger partial charge >= 0.3 is 0 Å². The molecule has 1 N–H and O–H groups in total. The van der Waals surface area contributed by atoms with Gasteiger partial charge in [-0.15, -0.1) is 10.2 Å². The number of amides is 1. The third kappa shape index (κ3) is 6.19. The van der Waals surface area contributed by atoms with Gasteiger partial charge in [-0.25, -0.2) is 4.39 Å². The van der Waals surface area contributed by atoms with E-state index in [1.54, 1.807) is 37.3 Å². The van der Waals surface area contributed by atoms with Gasteiger partial charge in [0, 0.05) is 11.4 Å². The van der Waals surface area contributed by atoms with Gasteiger partial charge in [0.25, 0.3) is 0 Å². The highest BCUT2D eigenvalue weighted by atomic mass is 32.2. The number of hydrogen-bond donors (Lipinski definition) is 1. The Balaban J connectivity index is 1.50. The molecular weight excluding hydrogens is 467 g/mol. The van der Waals surface area contributed by atoms with Gasteiger partial charge in [-0.05, 0) is 62.4 Å². The molecule has 0 radical (unpaired) electrons. The zero-order valence-electron chi connectivity index (χ0n) is 19.3. The predicted octanol–water partition coefficient (Wildman–Crippen LogP) is 5.50. The van der Waals surface area contributed by atoms with E-state index in [0.29, 0.717) is 23.3 Å². The van der Waals surface area contributed by atoms with E-state index in [-0.39, 0.29) is 18.3 Å². The van der Waals surface area contributed by atoms with Crippen molar-refractivity contribution in [1.29, 1.82) is 0 Å². The second kappa shape index (κ2) is 11.5. The first-order chi connectivity index (χ1) is 17.0. The number of para-hydroxylation sites is 2. The topological polar surface area (TPSA) is 78.3 Å². The van der Waals surface area contributed by atoms with E-state index < -0.39 is 11.1 Å². The molecule has 0 aliphatic rings. The van der Waals surface area contributed by atoms with Gasteiger partial charge in [0.1, 0.15) is 12.4 Å². The van der Waals surface area contributed by atoms with Crippen molar-refractivity contribution in [1.82, 2.24) is 14.8 Å². The number of nitrogens with one attached hydrogen (secondary N) is 1. The fourth-order valence-corrected chi connectivity index (χ4v) is 4.15. The van der Waals surface area contributed by atoms with Gasteiger partial charge in [0.15, 0.2) is 22.5 Å². The zero-order valence-corrected chi connectivity index (χ0v) is 20.2. The summed E-state index contributed by atoms with van der Waals surface area (Å²) in [4.78, 5) is 12.8. The van der Waals surface area contributed by atoms with Crippen LogP contribution in [0.25, 0.3) is 5.69 Å². The summed E-state index contributed by atoms with van der Waals surface area (Å²) in [5, 5.41) is 11.5. The minimum atomic E-state index is -0.464. The Bertz CT molecular complexity index is 1270. The predicted molar refractivity (Wildman–Crippen MR) is 134 cm³/mol. The molecule has 1 heterocycles. The third-order valence-electron chi connectivity index (χ3n) is 4.99. The number of anilines is 1. The standard InChI is InChI=1S/C26H25FN4O3S/c1-3-33-21-15-13-19(14-16-21)28-25(32)18(2)35-26-30-29-24(31(26)20-9-5-4-6-10-20)17-34-23-12-8-7-11-22(23)27/h4-16,18H,3,17H2,1-2H3,(H,28,32). The van der Waals surface area contributed by atoms with Crippen molar-refractivity contribution in [3.63, 3.8) is 0 Å². The second-order valence-electron chi connectivity index (χ2n) is 7.50. The highest BCUT2D eigenvalue weighted by molar-refractivity contribution is 8.00. The molecule has 9 heteroatoms. The fraction of sp³-hybridized carbons (Fsp3) is 0.192. The van der Waals surface area contributed by atoms with E-state index in [0.717, 1.165) is 11.4 Å². The lowest BCUT2D eigenvalue weighted by Gasteiger charge is -2.14. The molecule has 4 rings (SSSR count). The number of aromatic nitrogens is 3. The van der Waals surface area contributed by atoms with E-state index in [1.165, 1.54) is 17.8 Å². The molecule has 0 fully saturated rings. The van der Waals surface area contributed by atoms with Crippen LogP contribution in [0.3, 0.4) is 0 Å². The van der Waals surface area contributed by atoms with Crippen molar-refractivity contribution in [3.05, 3.63) is 90.5 Å². The average molecular weight is 493 g/mol. The fourth-order valence-electron chi connectivity index (χ4n) is 3.27. The molecule has 4 aromatic rings. The number of carbonyl (C=O) groups is 1. The molecule has 0 bridgehead atoms. The van der Waals surface area contributed by atoms with Crippen LogP contribution in [0.5, 0.6) is 11.5 Å². The van der Waals surface area contributed by atoms with Crippen molar-refractivity contribution in [3.8, 4) is 17.2 Å². The maximum Gasteiger partial charge on any atom is 0.237 e. The molecule has 0 aliphatic heterocycles. The summed E-state index contributed by atoms with van der Waals surface area (Å²) in [6, 6.07) is 22.9. The quantitative estimate of drug-likeness (QED) is 0.295. The molecule has 1 amide bonds. The van der Waals surface area contributed by atoms with Crippen molar-refractivity contribution in [2.75, 3.05) is 11.9 Å². The van der Waals surface area contributed by atoms with Crippen LogP contribution in [0, 0.1) is 5.82 Å². The molecule has 0 saturated heterocycles. The molecule has 180 valence electrons. The molecular formula is C26H25FN4O3S. The minimum absolute atomic E-state index is 0.0101. The zero-order chi connectivity index (χ0) is 24.6. The van der Waals surface area contributed by atoms with Crippen molar-refractivity contribution < 1.29 is 18.7 Å². The van der Waals surface area contributed by atoms with Crippen LogP contribution >= 0.6 is 11.8 Å². The van der Waals surface area contributed by atoms with Crippen molar-refractivity contribution in [2.45, 2.75) is 30.9 Å². The summed E-state index contributed by atoms with van der Waals surface area (Å²) >= 11 is 1.27. The van der Waals surface area contributed by atoms with Gasteiger partial charge in [0.2, 0.25) is 5.91 Å². The highest BCUT2D eigenvalue weighted by Gasteiger charge is 2.22. The molecule has 0 spiro atoms. The van der Waals surface area contributed by atoms with Gasteiger partial charge in [-0.3, -0.25) is 9.36 Å². The molecule has 3 aromatic carbocycles. The molecule has 1 aromatic heterocycles. The number of carbonyl (C=O) groups excluding carboxylic acids is 1. The van der Waals surface area contributed by atoms with E-state index in [1.807, 2.05) is 54.0 Å². The lowest BCUT2D eigenvalue weighted by Crippen LogP contribution is -2.23. The molecule has 0 aliphatic carbocycles. The second-order valence-corrected chi connectivity index (χ2v) is 8.80. The summed E-state index contributed by atoms with van der Waals surface area (Å²) in [7, 11) is 0. The van der Waals surface area contributed by atoms with Crippen LogP contribution < -0.4 is 14.8 Å². The van der Waals surface area contributed by atoms with Gasteiger partial charge in [0.05, 0.1) is 11.9 Å². The largest absolute Gasteiger partial charge is 0.494 e. The van der Waals surface area contributed by atoms with Crippen LogP contribution in [0.4, 0.5) is 10.1 Å². The Kier molecular flexibility index (Phi) is 7.99. The maximum atomic E-state index is 14.0. The highest BCUT2D eigenvalue weighted by Crippen LogP contribution is 2.27. The SMILES string of the molecule is CCOc1ccc(NC(=O)C(C)Sc2nnc(COc3ccccc3F)n2-c2ccccc2)cc1. The summed E-state index contributed by atoms with van der Waals surface area (Å²) in [5.41, 5.74) is 1.49. The average Bonchev–Trinajstić information content (AvgIpc) is 3.27. The van der Waals surface area contributed by atoms with Crippen LogP contribution in [-0.4, -0.2) is 32.5 Å². The summed E-state index contributed by atoms with van der Waals surface area (Å²) in [6.45, 7) is 4.30. The summed E-state index contributed by atoms with van der Waals surface area (Å²) < 4.78 is 26.9. The molecule has 7 nitrogen and oxygen atoms in total. The Morgan fingerprint density at radius 1 is 1.00 bits per heavy atom. The van der Waals surface area contributed by atoms with Crippen molar-refractivity contribution in [2.24, 2.45) is 0 Å². The smallest absolute Gasteiger partial charge is 0.237 e. The lowest BCUT2D eigenvalue weighted by molar-refractivity contribution is -0.115. The number of nitrogens with zero attached hydrogens (tertiary/aromatic N) is 3. The van der Waals surface area contributed by atoms with Crippen LogP contribution in [-0.2, 0) is 11.4 Å². The number of benzene rings is 3. The van der Waals surface area contributed by atoms with E-state index >= 15 is 0 Å². The van der Waals surface area contributed by atoms with E-state index in [2.05, 4.69) is 15.5 Å². The summed E-state index contributed by atoms with van der Waals surface area (Å²) in [6.07, 6.45) is 0. The molecule has 1 atom stereocenters. The van der Waals surface area contributed by atoms with Crippen LogP contribution in [0.15, 0.2) is 84.0 Å². The lowest BCUT2D eigenvalue weighted by atomic mass is 10.3. The Morgan fingerprint density at radius 2 is 1.71 bits per heavy atom. The first kappa shape index (κ1) is 24.3. The Morgan fingerprint density at radius 3 is 2.43 bits per heavy atom. The van der Waals surface area contributed by atoms with E-state index in [9.17, 15) is 9.18 Å². The number of halogens is 1. The van der Waals surface area contributed by atoms with Gasteiger partial charge < -0.3 is 14.8 Å². The van der Waals surface area contributed by atoms with Crippen LogP contribution in [0.2, 0.25) is 0 Å². The maximum absolute atomic E-state index is 14.0. The first-order valence-electron chi connectivity index (χ1n) is 11.1. The van der Waals surface area contributed by atoms with Crippen LogP contribution in [0.1, 0.15) is 19.7 Å². The monoisotopic (exact) mass is 492 g/mol. The number of thioether (sulfide) groups is 1. The first-order valence-corrected chi connectivity index (χ1v) is 12.0. The Labute approximate surface area is 207 Å². The molecule has 35 heavy (non-hydrogen) atoms.